The van der Waals surface area contributed by atoms with E-state index in [1.807, 2.05) is 0 Å². The van der Waals surface area contributed by atoms with Crippen molar-refractivity contribution in [2.75, 3.05) is 13.2 Å². The Kier molecular flexibility index (Phi) is 38.4. The number of rotatable bonds is 34. The van der Waals surface area contributed by atoms with Crippen molar-refractivity contribution in [3.05, 3.63) is 24.3 Å². The quantitative estimate of drug-likeness (QED) is 0.0391. The van der Waals surface area contributed by atoms with Crippen molar-refractivity contribution in [2.45, 2.75) is 194 Å². The van der Waals surface area contributed by atoms with E-state index >= 15 is 0 Å². The Morgan fingerprint density at radius 1 is 0.333 bits per heavy atom. The van der Waals surface area contributed by atoms with E-state index in [-0.39, 0.29) is 0 Å². The van der Waals surface area contributed by atoms with Gasteiger partial charge in [0.25, 0.3) is 0 Å². The molecule has 0 amide bonds. The first-order valence-electron chi connectivity index (χ1n) is 17.7. The van der Waals surface area contributed by atoms with Gasteiger partial charge in [-0.2, -0.15) is 0 Å². The topological polar surface area (TPSA) is 18.5 Å². The van der Waals surface area contributed by atoms with Crippen molar-refractivity contribution < 1.29 is 6.15 Å². The van der Waals surface area contributed by atoms with Gasteiger partial charge in [-0.25, -0.2) is 0 Å². The van der Waals surface area contributed by atoms with Crippen molar-refractivity contribution in [1.29, 1.82) is 0 Å². The molecule has 0 aromatic carbocycles. The molecule has 0 aromatic heterocycles. The van der Waals surface area contributed by atoms with Gasteiger partial charge in [0.1, 0.15) is 0 Å². The summed E-state index contributed by atoms with van der Waals surface area (Å²) in [6, 6.07) is 0. The van der Waals surface area contributed by atoms with Crippen LogP contribution in [0.1, 0.15) is 194 Å². The van der Waals surface area contributed by atoms with Gasteiger partial charge in [0.15, 0.2) is 0 Å². The molecule has 2 nitrogen and oxygen atoms in total. The molecule has 0 rings (SSSR count). The third-order valence-corrected chi connectivity index (χ3v) is 9.47. The Morgan fingerprint density at radius 2 is 0.590 bits per heavy atom. The van der Waals surface area contributed by atoms with Crippen LogP contribution < -0.4 is 0 Å². The van der Waals surface area contributed by atoms with E-state index in [0.717, 1.165) is 13.2 Å². The third-order valence-electron chi connectivity index (χ3n) is 7.63. The van der Waals surface area contributed by atoms with Crippen LogP contribution in [0.5, 0.6) is 0 Å². The fourth-order valence-electron chi connectivity index (χ4n) is 4.97. The monoisotopic (exact) mass is 654 g/mol. The van der Waals surface area contributed by atoms with E-state index < -0.39 is 22.0 Å². The average Bonchev–Trinajstić information content (AvgIpc) is 2.95. The number of hydrogen-bond donors (Lipinski definition) is 0. The van der Waals surface area contributed by atoms with Crippen molar-refractivity contribution >= 4 is 22.0 Å². The third kappa shape index (κ3) is 38.2. The van der Waals surface area contributed by atoms with Gasteiger partial charge >= 0.3 is 168 Å². The van der Waals surface area contributed by atoms with Gasteiger partial charge in [-0.1, -0.05) is 78.1 Å². The molecule has 39 heavy (non-hydrogen) atoms. The number of hydrogen-bond acceptors (Lipinski definition) is 2. The van der Waals surface area contributed by atoms with Crippen LogP contribution in [0.3, 0.4) is 0 Å². The van der Waals surface area contributed by atoms with Crippen LogP contribution in [-0.4, -0.2) is 35.2 Å². The molecule has 0 aromatic rings. The minimum absolute atomic E-state index is 0.931. The van der Waals surface area contributed by atoms with Crippen LogP contribution in [0.25, 0.3) is 0 Å². The summed E-state index contributed by atoms with van der Waals surface area (Å²) in [7, 11) is 0. The van der Waals surface area contributed by atoms with E-state index in [2.05, 4.69) is 38.2 Å². The first-order valence-corrected chi connectivity index (χ1v) is 20.0. The van der Waals surface area contributed by atoms with Crippen LogP contribution >= 0.6 is 0 Å². The molecule has 0 fully saturated rings. The fraction of sp³-hybridized carbons (Fsp3) is 0.889. The van der Waals surface area contributed by atoms with Crippen molar-refractivity contribution in [3.63, 3.8) is 0 Å². The maximum atomic E-state index is 5.81. The first-order chi connectivity index (χ1) is 19.4. The van der Waals surface area contributed by atoms with E-state index in [0.29, 0.717) is 0 Å². The normalized spacial score (nSPS) is 11.9. The second-order valence-corrected chi connectivity index (χ2v) is 13.8. The van der Waals surface area contributed by atoms with Crippen LogP contribution in [0.2, 0.25) is 0 Å². The molecule has 0 aliphatic rings. The molecule has 0 atom stereocenters. The van der Waals surface area contributed by atoms with Crippen LogP contribution in [0, 0.1) is 0 Å². The van der Waals surface area contributed by atoms with Gasteiger partial charge in [0.05, 0.1) is 0 Å². The van der Waals surface area contributed by atoms with Crippen LogP contribution in [0.15, 0.2) is 24.3 Å². The average molecular weight is 654 g/mol. The molecular formula is C36H70O2Sn. The smallest absolute Gasteiger partial charge is 0.0654 e. The van der Waals surface area contributed by atoms with Crippen molar-refractivity contribution in [1.82, 2.24) is 0 Å². The van der Waals surface area contributed by atoms with Crippen LogP contribution in [0.4, 0.5) is 0 Å². The SMILES string of the molecule is CCCCCCCC/C=C\CCCCCCCC[O][Sn][O]CCCCCCCC/C=C\CCCCCCCC. The Morgan fingerprint density at radius 3 is 0.897 bits per heavy atom. The summed E-state index contributed by atoms with van der Waals surface area (Å²) in [5, 5.41) is 0. The predicted molar refractivity (Wildman–Crippen MR) is 177 cm³/mol. The summed E-state index contributed by atoms with van der Waals surface area (Å²) >= 11 is -1.01. The summed E-state index contributed by atoms with van der Waals surface area (Å²) < 4.78 is 11.6. The van der Waals surface area contributed by atoms with E-state index in [4.69, 9.17) is 6.15 Å². The molecule has 3 heteroatoms. The second kappa shape index (κ2) is 38.2. The van der Waals surface area contributed by atoms with Gasteiger partial charge in [0, 0.05) is 0 Å². The minimum atomic E-state index is -1.01. The number of allylic oxidation sites excluding steroid dienone is 4. The van der Waals surface area contributed by atoms with Gasteiger partial charge in [-0.05, 0) is 12.8 Å². The molecule has 0 aliphatic carbocycles. The molecular weight excluding hydrogens is 583 g/mol. The summed E-state index contributed by atoms with van der Waals surface area (Å²) in [6.45, 7) is 6.44. The molecule has 0 bridgehead atoms. The van der Waals surface area contributed by atoms with Crippen molar-refractivity contribution in [3.8, 4) is 0 Å². The molecule has 0 aliphatic heterocycles. The van der Waals surface area contributed by atoms with Gasteiger partial charge in [0.2, 0.25) is 0 Å². The van der Waals surface area contributed by atoms with Crippen LogP contribution in [-0.2, 0) is 6.15 Å². The van der Waals surface area contributed by atoms with E-state index in [1.165, 1.54) is 180 Å². The Balaban J connectivity index is 3.09. The Labute approximate surface area is 258 Å². The minimum Gasteiger partial charge on any atom is -0.0654 e. The second-order valence-electron chi connectivity index (χ2n) is 11.7. The maximum absolute atomic E-state index is 5.81. The molecule has 0 spiro atoms. The fourth-order valence-corrected chi connectivity index (χ4v) is 6.51. The predicted octanol–water partition coefficient (Wildman–Crippen LogP) is 12.6. The Hall–Kier alpha value is 0.199. The van der Waals surface area contributed by atoms with E-state index in [1.54, 1.807) is 0 Å². The molecule has 0 saturated carbocycles. The molecule has 2 radical (unpaired) electrons. The summed E-state index contributed by atoms with van der Waals surface area (Å²) in [5.74, 6) is 0. The zero-order valence-electron chi connectivity index (χ0n) is 26.8. The molecule has 0 saturated heterocycles. The first kappa shape index (κ1) is 39.2. The van der Waals surface area contributed by atoms with Gasteiger partial charge < -0.3 is 0 Å². The molecule has 230 valence electrons. The Bertz CT molecular complexity index is 435. The zero-order valence-corrected chi connectivity index (χ0v) is 29.7. The zero-order chi connectivity index (χ0) is 28.2. The van der Waals surface area contributed by atoms with Gasteiger partial charge in [-0.15, -0.1) is 0 Å². The summed E-state index contributed by atoms with van der Waals surface area (Å²) in [5.41, 5.74) is 0. The van der Waals surface area contributed by atoms with Gasteiger partial charge in [-0.3, -0.25) is 0 Å². The molecule has 0 N–H and O–H groups in total. The number of unbranched alkanes of at least 4 members (excludes halogenated alkanes) is 24. The van der Waals surface area contributed by atoms with E-state index in [9.17, 15) is 0 Å². The van der Waals surface area contributed by atoms with Crippen molar-refractivity contribution in [2.24, 2.45) is 0 Å². The standard InChI is InChI=1S/2C18H35O.Sn/c2*1-2-3-4-5-6-7-8-9-10-11-12-13-14-15-16-17-18-19;/h2*9-10H,2-8,11-18H2,1H3;/q2*-1;+2/b2*10-9-;. The molecule has 0 heterocycles. The summed E-state index contributed by atoms with van der Waals surface area (Å²) in [4.78, 5) is 0. The summed E-state index contributed by atoms with van der Waals surface area (Å²) in [6.07, 6.45) is 47.8. The molecule has 0 unspecified atom stereocenters.